The third kappa shape index (κ3) is 4.04. The van der Waals surface area contributed by atoms with Crippen LogP contribution in [0.25, 0.3) is 22.5 Å². The first-order valence-corrected chi connectivity index (χ1v) is 9.69. The summed E-state index contributed by atoms with van der Waals surface area (Å²) in [4.78, 5) is 25.9. The number of carbonyl (C=O) groups excluding carboxylic acids is 2. The molecule has 3 aromatic rings. The van der Waals surface area contributed by atoms with E-state index in [-0.39, 0.29) is 34.0 Å². The lowest BCUT2D eigenvalue weighted by molar-refractivity contribution is -0.123. The van der Waals surface area contributed by atoms with E-state index in [9.17, 15) is 18.4 Å². The fourth-order valence-electron chi connectivity index (χ4n) is 3.24. The molecule has 0 unspecified atom stereocenters. The zero-order valence-corrected chi connectivity index (χ0v) is 16.9. The van der Waals surface area contributed by atoms with Crippen molar-refractivity contribution in [2.45, 2.75) is 0 Å². The number of carbonyl (C=O) groups is 2. The van der Waals surface area contributed by atoms with Gasteiger partial charge in [0, 0.05) is 29.2 Å². The molecule has 154 valence electrons. The normalized spacial score (nSPS) is 14.0. The van der Waals surface area contributed by atoms with Gasteiger partial charge in [0.15, 0.2) is 5.76 Å². The molecule has 1 aromatic heterocycles. The van der Waals surface area contributed by atoms with Crippen LogP contribution in [0.5, 0.6) is 0 Å². The standard InChI is InChI=1S/C21H14Cl2F2N2O3/c22-13-5-12(6-14(24)8-13)15-9-18(21(29)27-4-3-26-19(28)10-27)30-20(15)11-1-2-17(25)16(23)7-11/h1-2,5-9H,3-4,10H2,(H,26,28). The number of benzene rings is 2. The predicted octanol–water partition coefficient (Wildman–Crippen LogP) is 4.77. The first-order valence-electron chi connectivity index (χ1n) is 8.93. The molecule has 0 aliphatic carbocycles. The smallest absolute Gasteiger partial charge is 0.290 e. The highest BCUT2D eigenvalue weighted by atomic mass is 35.5. The van der Waals surface area contributed by atoms with Crippen LogP contribution in [-0.2, 0) is 4.79 Å². The Hall–Kier alpha value is -2.90. The Kier molecular flexibility index (Phi) is 5.49. The van der Waals surface area contributed by atoms with Crippen LogP contribution < -0.4 is 5.32 Å². The van der Waals surface area contributed by atoms with Crippen LogP contribution >= 0.6 is 23.2 Å². The van der Waals surface area contributed by atoms with Crippen molar-refractivity contribution in [1.29, 1.82) is 0 Å². The molecule has 30 heavy (non-hydrogen) atoms. The van der Waals surface area contributed by atoms with Crippen LogP contribution in [0.2, 0.25) is 10.0 Å². The van der Waals surface area contributed by atoms with Crippen molar-refractivity contribution in [3.63, 3.8) is 0 Å². The summed E-state index contributed by atoms with van der Waals surface area (Å²) >= 11 is 11.9. The summed E-state index contributed by atoms with van der Waals surface area (Å²) < 4.78 is 33.4. The number of nitrogens with one attached hydrogen (secondary N) is 1. The molecule has 2 amide bonds. The highest BCUT2D eigenvalue weighted by Gasteiger charge is 2.27. The highest BCUT2D eigenvalue weighted by molar-refractivity contribution is 6.31. The molecule has 0 saturated carbocycles. The van der Waals surface area contributed by atoms with E-state index in [0.29, 0.717) is 29.8 Å². The lowest BCUT2D eigenvalue weighted by Crippen LogP contribution is -2.49. The average molecular weight is 451 g/mol. The zero-order chi connectivity index (χ0) is 21.4. The Morgan fingerprint density at radius 2 is 1.87 bits per heavy atom. The number of hydrogen-bond donors (Lipinski definition) is 1. The fourth-order valence-corrected chi connectivity index (χ4v) is 3.64. The molecule has 1 fully saturated rings. The van der Waals surface area contributed by atoms with Crippen LogP contribution in [0.15, 0.2) is 46.9 Å². The maximum Gasteiger partial charge on any atom is 0.290 e. The van der Waals surface area contributed by atoms with Gasteiger partial charge in [-0.3, -0.25) is 9.59 Å². The topological polar surface area (TPSA) is 62.6 Å². The number of hydrogen-bond acceptors (Lipinski definition) is 3. The number of amides is 2. The fraction of sp³-hybridized carbons (Fsp3) is 0.143. The maximum absolute atomic E-state index is 14.0. The molecule has 4 rings (SSSR count). The van der Waals surface area contributed by atoms with Crippen molar-refractivity contribution in [3.05, 3.63) is 69.9 Å². The second kappa shape index (κ2) is 8.08. The van der Waals surface area contributed by atoms with Gasteiger partial charge in [0.25, 0.3) is 5.91 Å². The Balaban J connectivity index is 1.83. The molecule has 1 saturated heterocycles. The van der Waals surface area contributed by atoms with E-state index in [1.54, 1.807) is 0 Å². The van der Waals surface area contributed by atoms with Gasteiger partial charge in [-0.25, -0.2) is 8.78 Å². The molecular weight excluding hydrogens is 437 g/mol. The summed E-state index contributed by atoms with van der Waals surface area (Å²) in [5, 5.41) is 2.67. The molecule has 0 atom stereocenters. The first-order chi connectivity index (χ1) is 14.3. The van der Waals surface area contributed by atoms with Crippen LogP contribution in [0.4, 0.5) is 8.78 Å². The van der Waals surface area contributed by atoms with Gasteiger partial charge in [0.1, 0.15) is 23.9 Å². The highest BCUT2D eigenvalue weighted by Crippen LogP contribution is 2.38. The molecule has 2 aromatic carbocycles. The first kappa shape index (κ1) is 20.4. The second-order valence-corrected chi connectivity index (χ2v) is 7.56. The van der Waals surface area contributed by atoms with Gasteiger partial charge in [0.05, 0.1) is 5.02 Å². The SMILES string of the molecule is O=C1CN(C(=O)c2cc(-c3cc(F)cc(Cl)c3)c(-c3ccc(F)c(Cl)c3)o2)CCN1. The van der Waals surface area contributed by atoms with Crippen molar-refractivity contribution < 1.29 is 22.8 Å². The summed E-state index contributed by atoms with van der Waals surface area (Å²) in [6, 6.07) is 9.32. The quantitative estimate of drug-likeness (QED) is 0.624. The van der Waals surface area contributed by atoms with E-state index in [2.05, 4.69) is 5.32 Å². The molecular formula is C21H14Cl2F2N2O3. The molecule has 1 aliphatic rings. The number of rotatable bonds is 3. The van der Waals surface area contributed by atoms with Crippen LogP contribution in [0.3, 0.4) is 0 Å². The van der Waals surface area contributed by atoms with Gasteiger partial charge in [-0.15, -0.1) is 0 Å². The summed E-state index contributed by atoms with van der Waals surface area (Å²) in [5.41, 5.74) is 1.14. The van der Waals surface area contributed by atoms with Crippen LogP contribution in [0, 0.1) is 11.6 Å². The number of furan rings is 1. The summed E-state index contributed by atoms with van der Waals surface area (Å²) in [6.45, 7) is 0.556. The van der Waals surface area contributed by atoms with Gasteiger partial charge in [-0.1, -0.05) is 23.2 Å². The van der Waals surface area contributed by atoms with Crippen LogP contribution in [0.1, 0.15) is 10.6 Å². The molecule has 1 aliphatic heterocycles. The minimum atomic E-state index is -0.613. The minimum Gasteiger partial charge on any atom is -0.450 e. The molecule has 2 heterocycles. The molecule has 5 nitrogen and oxygen atoms in total. The molecule has 0 spiro atoms. The number of halogens is 4. The van der Waals surface area contributed by atoms with Gasteiger partial charge < -0.3 is 14.6 Å². The van der Waals surface area contributed by atoms with Crippen molar-refractivity contribution >= 4 is 35.0 Å². The second-order valence-electron chi connectivity index (χ2n) is 6.72. The van der Waals surface area contributed by atoms with Crippen molar-refractivity contribution in [2.75, 3.05) is 19.6 Å². The molecule has 9 heteroatoms. The van der Waals surface area contributed by atoms with Gasteiger partial charge in [0.2, 0.25) is 5.91 Å². The zero-order valence-electron chi connectivity index (χ0n) is 15.3. The predicted molar refractivity (Wildman–Crippen MR) is 108 cm³/mol. The van der Waals surface area contributed by atoms with Crippen molar-refractivity contribution in [3.8, 4) is 22.5 Å². The Morgan fingerprint density at radius 1 is 1.07 bits per heavy atom. The van der Waals surface area contributed by atoms with Crippen LogP contribution in [-0.4, -0.2) is 36.3 Å². The van der Waals surface area contributed by atoms with E-state index >= 15 is 0 Å². The number of nitrogens with zero attached hydrogens (tertiary/aromatic N) is 1. The largest absolute Gasteiger partial charge is 0.450 e. The van der Waals surface area contributed by atoms with Gasteiger partial charge in [-0.2, -0.15) is 0 Å². The molecule has 1 N–H and O–H groups in total. The van der Waals surface area contributed by atoms with Crippen molar-refractivity contribution in [1.82, 2.24) is 10.2 Å². The minimum absolute atomic E-state index is 0.0458. The summed E-state index contributed by atoms with van der Waals surface area (Å²) in [5.74, 6) is -1.80. The van der Waals surface area contributed by atoms with E-state index in [1.165, 1.54) is 41.3 Å². The van der Waals surface area contributed by atoms with Gasteiger partial charge >= 0.3 is 0 Å². The third-order valence-corrected chi connectivity index (χ3v) is 5.13. The van der Waals surface area contributed by atoms with Crippen molar-refractivity contribution in [2.24, 2.45) is 0 Å². The maximum atomic E-state index is 14.0. The van der Waals surface area contributed by atoms with E-state index < -0.39 is 17.5 Å². The molecule has 0 radical (unpaired) electrons. The average Bonchev–Trinajstić information content (AvgIpc) is 3.14. The third-order valence-electron chi connectivity index (χ3n) is 4.62. The van der Waals surface area contributed by atoms with E-state index in [4.69, 9.17) is 27.6 Å². The van der Waals surface area contributed by atoms with Gasteiger partial charge in [-0.05, 0) is 48.0 Å². The Bertz CT molecular complexity index is 1140. The Labute approximate surface area is 180 Å². The summed E-state index contributed by atoms with van der Waals surface area (Å²) in [7, 11) is 0. The van der Waals surface area contributed by atoms with E-state index in [1.807, 2.05) is 0 Å². The lowest BCUT2D eigenvalue weighted by Gasteiger charge is -2.25. The monoisotopic (exact) mass is 450 g/mol. The lowest BCUT2D eigenvalue weighted by atomic mass is 10.0. The Morgan fingerprint density at radius 3 is 2.57 bits per heavy atom. The molecule has 0 bridgehead atoms. The summed E-state index contributed by atoms with van der Waals surface area (Å²) in [6.07, 6.45) is 0. The van der Waals surface area contributed by atoms with E-state index in [0.717, 1.165) is 6.07 Å². The number of piperazine rings is 1.